The molecule has 100 valence electrons. The molecule has 3 heteroatoms. The van der Waals surface area contributed by atoms with Gasteiger partial charge in [0.05, 0.1) is 12.7 Å². The van der Waals surface area contributed by atoms with Gasteiger partial charge in [-0.3, -0.25) is 0 Å². The predicted octanol–water partition coefficient (Wildman–Crippen LogP) is 2.65. The molecule has 0 aliphatic heterocycles. The number of benzene rings is 1. The summed E-state index contributed by atoms with van der Waals surface area (Å²) in [5, 5.41) is 13.7. The highest BCUT2D eigenvalue weighted by Gasteiger charge is 2.31. The summed E-state index contributed by atoms with van der Waals surface area (Å²) in [6.45, 7) is 2.77. The molecular weight excluding hydrogens is 226 g/mol. The van der Waals surface area contributed by atoms with E-state index >= 15 is 0 Å². The van der Waals surface area contributed by atoms with Crippen LogP contribution >= 0.6 is 0 Å². The van der Waals surface area contributed by atoms with Crippen LogP contribution in [0, 0.1) is 0 Å². The lowest BCUT2D eigenvalue weighted by atomic mass is 10.0. The van der Waals surface area contributed by atoms with Crippen molar-refractivity contribution in [2.24, 2.45) is 0 Å². The summed E-state index contributed by atoms with van der Waals surface area (Å²) in [7, 11) is 1.69. The molecule has 1 atom stereocenters. The van der Waals surface area contributed by atoms with E-state index in [-0.39, 0.29) is 6.04 Å². The molecule has 18 heavy (non-hydrogen) atoms. The van der Waals surface area contributed by atoms with Crippen LogP contribution in [0.15, 0.2) is 24.3 Å². The maximum Gasteiger partial charge on any atom is 0.123 e. The quantitative estimate of drug-likeness (QED) is 0.843. The fourth-order valence-electron chi connectivity index (χ4n) is 2.69. The van der Waals surface area contributed by atoms with Gasteiger partial charge >= 0.3 is 0 Å². The van der Waals surface area contributed by atoms with Crippen molar-refractivity contribution < 1.29 is 9.84 Å². The molecule has 2 N–H and O–H groups in total. The summed E-state index contributed by atoms with van der Waals surface area (Å²) in [5.41, 5.74) is 0.637. The van der Waals surface area contributed by atoms with Crippen molar-refractivity contribution in [3.63, 3.8) is 0 Å². The van der Waals surface area contributed by atoms with Gasteiger partial charge in [0.15, 0.2) is 0 Å². The predicted molar refractivity (Wildman–Crippen MR) is 72.8 cm³/mol. The molecule has 0 bridgehead atoms. The van der Waals surface area contributed by atoms with Gasteiger partial charge in [-0.25, -0.2) is 0 Å². The van der Waals surface area contributed by atoms with Gasteiger partial charge in [-0.2, -0.15) is 0 Å². The van der Waals surface area contributed by atoms with Crippen molar-refractivity contribution in [3.05, 3.63) is 29.8 Å². The Morgan fingerprint density at radius 1 is 1.33 bits per heavy atom. The molecule has 3 nitrogen and oxygen atoms in total. The molecule has 0 saturated heterocycles. The first kappa shape index (κ1) is 13.4. The third-order valence-electron chi connectivity index (χ3n) is 3.88. The van der Waals surface area contributed by atoms with Crippen LogP contribution < -0.4 is 10.1 Å². The van der Waals surface area contributed by atoms with Gasteiger partial charge in [0.25, 0.3) is 0 Å². The normalized spacial score (nSPS) is 19.7. The molecule has 1 aliphatic carbocycles. The number of ether oxygens (including phenoxy) is 1. The number of methoxy groups -OCH3 is 1. The number of hydrogen-bond acceptors (Lipinski definition) is 3. The second kappa shape index (κ2) is 5.72. The number of para-hydroxylation sites is 1. The summed E-state index contributed by atoms with van der Waals surface area (Å²) in [6, 6.07) is 8.21. The minimum Gasteiger partial charge on any atom is -0.496 e. The SMILES string of the molecule is COc1ccccc1[C@H](C)NCC1(O)CCCC1. The van der Waals surface area contributed by atoms with Gasteiger partial charge in [-0.05, 0) is 25.8 Å². The van der Waals surface area contributed by atoms with E-state index in [0.717, 1.165) is 37.0 Å². The highest BCUT2D eigenvalue weighted by atomic mass is 16.5. The van der Waals surface area contributed by atoms with Gasteiger partial charge in [0, 0.05) is 18.2 Å². The molecule has 0 heterocycles. The lowest BCUT2D eigenvalue weighted by Gasteiger charge is -2.26. The van der Waals surface area contributed by atoms with Gasteiger partial charge in [0.2, 0.25) is 0 Å². The van der Waals surface area contributed by atoms with Crippen LogP contribution in [0.25, 0.3) is 0 Å². The van der Waals surface area contributed by atoms with E-state index in [9.17, 15) is 5.11 Å². The highest BCUT2D eigenvalue weighted by molar-refractivity contribution is 5.35. The maximum absolute atomic E-state index is 10.3. The highest BCUT2D eigenvalue weighted by Crippen LogP contribution is 2.30. The molecular formula is C15H23NO2. The summed E-state index contributed by atoms with van der Waals surface area (Å²) >= 11 is 0. The summed E-state index contributed by atoms with van der Waals surface area (Å²) < 4.78 is 5.36. The van der Waals surface area contributed by atoms with E-state index in [1.54, 1.807) is 7.11 Å². The van der Waals surface area contributed by atoms with Crippen molar-refractivity contribution in [2.45, 2.75) is 44.2 Å². The van der Waals surface area contributed by atoms with Crippen molar-refractivity contribution in [1.82, 2.24) is 5.32 Å². The average molecular weight is 249 g/mol. The standard InChI is InChI=1S/C15H23NO2/c1-12(13-7-3-4-8-14(13)18-2)16-11-15(17)9-5-6-10-15/h3-4,7-8,12,16-17H,5-6,9-11H2,1-2H3/t12-/m0/s1. The fraction of sp³-hybridized carbons (Fsp3) is 0.600. The number of aliphatic hydroxyl groups is 1. The molecule has 1 aliphatic rings. The van der Waals surface area contributed by atoms with Crippen molar-refractivity contribution >= 4 is 0 Å². The molecule has 0 unspecified atom stereocenters. The molecule has 1 aromatic rings. The maximum atomic E-state index is 10.3. The third-order valence-corrected chi connectivity index (χ3v) is 3.88. The van der Waals surface area contributed by atoms with Crippen LogP contribution in [0.3, 0.4) is 0 Å². The second-order valence-electron chi connectivity index (χ2n) is 5.28. The Kier molecular flexibility index (Phi) is 4.25. The number of nitrogens with one attached hydrogen (secondary N) is 1. The zero-order chi connectivity index (χ0) is 13.0. The second-order valence-corrected chi connectivity index (χ2v) is 5.28. The molecule has 1 saturated carbocycles. The zero-order valence-corrected chi connectivity index (χ0v) is 11.3. The zero-order valence-electron chi connectivity index (χ0n) is 11.3. The van der Waals surface area contributed by atoms with Crippen molar-refractivity contribution in [1.29, 1.82) is 0 Å². The molecule has 0 aromatic heterocycles. The smallest absolute Gasteiger partial charge is 0.123 e. The lowest BCUT2D eigenvalue weighted by Crippen LogP contribution is -2.39. The van der Waals surface area contributed by atoms with Crippen LogP contribution in [0.5, 0.6) is 5.75 Å². The van der Waals surface area contributed by atoms with Crippen molar-refractivity contribution in [2.75, 3.05) is 13.7 Å². The van der Waals surface area contributed by atoms with Gasteiger partial charge < -0.3 is 15.2 Å². The Labute approximate surface area is 109 Å². The monoisotopic (exact) mass is 249 g/mol. The Morgan fingerprint density at radius 2 is 2.00 bits per heavy atom. The van der Waals surface area contributed by atoms with Crippen LogP contribution in [0.2, 0.25) is 0 Å². The molecule has 0 amide bonds. The van der Waals surface area contributed by atoms with E-state index < -0.39 is 5.60 Å². The molecule has 0 radical (unpaired) electrons. The topological polar surface area (TPSA) is 41.5 Å². The number of hydrogen-bond donors (Lipinski definition) is 2. The van der Waals surface area contributed by atoms with Crippen molar-refractivity contribution in [3.8, 4) is 5.75 Å². The summed E-state index contributed by atoms with van der Waals surface area (Å²) in [4.78, 5) is 0. The first-order chi connectivity index (χ1) is 8.64. The molecule has 2 rings (SSSR count). The minimum absolute atomic E-state index is 0.186. The average Bonchev–Trinajstić information content (AvgIpc) is 2.83. The van der Waals surface area contributed by atoms with E-state index in [0.29, 0.717) is 6.54 Å². The largest absolute Gasteiger partial charge is 0.496 e. The molecule has 0 spiro atoms. The van der Waals surface area contributed by atoms with Crippen LogP contribution in [-0.4, -0.2) is 24.4 Å². The van der Waals surface area contributed by atoms with Crippen LogP contribution in [-0.2, 0) is 0 Å². The van der Waals surface area contributed by atoms with Gasteiger partial charge in [0.1, 0.15) is 5.75 Å². The van der Waals surface area contributed by atoms with Gasteiger partial charge in [-0.15, -0.1) is 0 Å². The first-order valence-corrected chi connectivity index (χ1v) is 6.73. The van der Waals surface area contributed by atoms with E-state index in [2.05, 4.69) is 18.3 Å². The summed E-state index contributed by atoms with van der Waals surface area (Å²) in [5.74, 6) is 0.899. The van der Waals surface area contributed by atoms with Crippen LogP contribution in [0.1, 0.15) is 44.2 Å². The van der Waals surface area contributed by atoms with E-state index in [1.165, 1.54) is 0 Å². The first-order valence-electron chi connectivity index (χ1n) is 6.73. The fourth-order valence-corrected chi connectivity index (χ4v) is 2.69. The van der Waals surface area contributed by atoms with Crippen LogP contribution in [0.4, 0.5) is 0 Å². The Bertz CT molecular complexity index is 386. The lowest BCUT2D eigenvalue weighted by molar-refractivity contribution is 0.0453. The Balaban J connectivity index is 1.96. The molecule has 1 aromatic carbocycles. The Hall–Kier alpha value is -1.06. The summed E-state index contributed by atoms with van der Waals surface area (Å²) in [6.07, 6.45) is 4.11. The number of rotatable bonds is 5. The third kappa shape index (κ3) is 3.03. The van der Waals surface area contributed by atoms with E-state index in [4.69, 9.17) is 4.74 Å². The Morgan fingerprint density at radius 3 is 2.67 bits per heavy atom. The van der Waals surface area contributed by atoms with E-state index in [1.807, 2.05) is 18.2 Å². The molecule has 1 fully saturated rings. The van der Waals surface area contributed by atoms with Gasteiger partial charge in [-0.1, -0.05) is 31.0 Å². The minimum atomic E-state index is -0.504.